The highest BCUT2D eigenvalue weighted by molar-refractivity contribution is 5.88. The van der Waals surface area contributed by atoms with E-state index in [1.54, 1.807) is 0 Å². The van der Waals surface area contributed by atoms with E-state index in [9.17, 15) is 4.79 Å². The van der Waals surface area contributed by atoms with Crippen LogP contribution >= 0.6 is 0 Å². The first-order valence-electron chi connectivity index (χ1n) is 7.29. The van der Waals surface area contributed by atoms with Crippen LogP contribution in [0.5, 0.6) is 0 Å². The summed E-state index contributed by atoms with van der Waals surface area (Å²) in [5, 5.41) is 3.44. The minimum Gasteiger partial charge on any atom is -0.466 e. The summed E-state index contributed by atoms with van der Waals surface area (Å²) in [6, 6.07) is 6.39. The molecule has 0 fully saturated rings. The Kier molecular flexibility index (Phi) is 6.85. The van der Waals surface area contributed by atoms with Gasteiger partial charge in [0, 0.05) is 17.8 Å². The Morgan fingerprint density at radius 3 is 2.25 bits per heavy atom. The van der Waals surface area contributed by atoms with Crippen molar-refractivity contribution in [2.75, 3.05) is 19.0 Å². The summed E-state index contributed by atoms with van der Waals surface area (Å²) in [5.41, 5.74) is 4.55. The van der Waals surface area contributed by atoms with E-state index in [0.29, 0.717) is 18.5 Å². The number of para-hydroxylation sites is 1. The molecule has 0 saturated carbocycles. The van der Waals surface area contributed by atoms with E-state index in [1.165, 1.54) is 23.9 Å². The van der Waals surface area contributed by atoms with E-state index in [4.69, 9.17) is 4.74 Å². The first-order chi connectivity index (χ1) is 9.67. The molecule has 0 unspecified atom stereocenters. The molecule has 0 spiro atoms. The molecular weight excluding hydrogens is 250 g/mol. The van der Waals surface area contributed by atoms with Gasteiger partial charge in [-0.1, -0.05) is 45.0 Å². The average molecular weight is 275 g/mol. The maximum atomic E-state index is 11.5. The highest BCUT2D eigenvalue weighted by Gasteiger charge is 2.07. The van der Waals surface area contributed by atoms with Gasteiger partial charge in [0.2, 0.25) is 0 Å². The summed E-state index contributed by atoms with van der Waals surface area (Å²) in [6.45, 7) is 6.91. The Morgan fingerprint density at radius 2 is 1.80 bits per heavy atom. The molecule has 110 valence electrons. The molecule has 0 radical (unpaired) electrons. The Morgan fingerprint density at radius 1 is 1.20 bits per heavy atom. The highest BCUT2D eigenvalue weighted by atomic mass is 16.5. The summed E-state index contributed by atoms with van der Waals surface area (Å²) in [6.07, 6.45) is 4.59. The number of anilines is 1. The third-order valence-corrected chi connectivity index (χ3v) is 3.45. The van der Waals surface area contributed by atoms with Crippen LogP contribution in [-0.2, 0) is 22.4 Å². The number of carbonyl (C=O) groups excluding carboxylic acids is 1. The molecular formula is C17H25NO2. The van der Waals surface area contributed by atoms with Crippen LogP contribution < -0.4 is 5.32 Å². The SMILES string of the molecule is CC/C(=C/CNc1c(CC)cccc1CC)C(=O)OC. The third-order valence-electron chi connectivity index (χ3n) is 3.45. The predicted octanol–water partition coefficient (Wildman–Crippen LogP) is 3.73. The smallest absolute Gasteiger partial charge is 0.333 e. The van der Waals surface area contributed by atoms with Crippen LogP contribution in [0.2, 0.25) is 0 Å². The second-order valence-electron chi connectivity index (χ2n) is 4.61. The number of ether oxygens (including phenoxy) is 1. The molecule has 1 rings (SSSR count). The summed E-state index contributed by atoms with van der Waals surface area (Å²) in [4.78, 5) is 11.5. The van der Waals surface area contributed by atoms with E-state index in [0.717, 1.165) is 12.8 Å². The van der Waals surface area contributed by atoms with Gasteiger partial charge in [-0.15, -0.1) is 0 Å². The number of hydrogen-bond acceptors (Lipinski definition) is 3. The van der Waals surface area contributed by atoms with Crippen LogP contribution in [0.3, 0.4) is 0 Å². The van der Waals surface area contributed by atoms with E-state index in [2.05, 4.69) is 37.4 Å². The van der Waals surface area contributed by atoms with Crippen molar-refractivity contribution < 1.29 is 9.53 Å². The number of hydrogen-bond donors (Lipinski definition) is 1. The van der Waals surface area contributed by atoms with Gasteiger partial charge in [-0.2, -0.15) is 0 Å². The first kappa shape index (κ1) is 16.3. The van der Waals surface area contributed by atoms with Crippen molar-refractivity contribution in [3.63, 3.8) is 0 Å². The van der Waals surface area contributed by atoms with Gasteiger partial charge in [0.05, 0.1) is 7.11 Å². The molecule has 0 aliphatic carbocycles. The molecule has 1 aromatic rings. The number of nitrogens with one attached hydrogen (secondary N) is 1. The van der Waals surface area contributed by atoms with Crippen molar-refractivity contribution in [1.29, 1.82) is 0 Å². The van der Waals surface area contributed by atoms with E-state index >= 15 is 0 Å². The second kappa shape index (κ2) is 8.41. The monoisotopic (exact) mass is 275 g/mol. The molecule has 0 atom stereocenters. The average Bonchev–Trinajstić information content (AvgIpc) is 2.50. The minimum absolute atomic E-state index is 0.242. The number of carbonyl (C=O) groups is 1. The van der Waals surface area contributed by atoms with Gasteiger partial charge in [0.1, 0.15) is 0 Å². The zero-order valence-corrected chi connectivity index (χ0v) is 13.0. The highest BCUT2D eigenvalue weighted by Crippen LogP contribution is 2.22. The number of benzene rings is 1. The summed E-state index contributed by atoms with van der Waals surface area (Å²) in [7, 11) is 1.42. The van der Waals surface area contributed by atoms with Gasteiger partial charge < -0.3 is 10.1 Å². The van der Waals surface area contributed by atoms with Crippen LogP contribution in [0.25, 0.3) is 0 Å². The summed E-state index contributed by atoms with van der Waals surface area (Å²) < 4.78 is 4.76. The maximum Gasteiger partial charge on any atom is 0.333 e. The van der Waals surface area contributed by atoms with Gasteiger partial charge in [-0.05, 0) is 30.4 Å². The van der Waals surface area contributed by atoms with Crippen LogP contribution in [-0.4, -0.2) is 19.6 Å². The fourth-order valence-corrected chi connectivity index (χ4v) is 2.25. The topological polar surface area (TPSA) is 38.3 Å². The van der Waals surface area contributed by atoms with Gasteiger partial charge in [0.15, 0.2) is 0 Å². The normalized spacial score (nSPS) is 11.3. The number of rotatable bonds is 7. The standard InChI is InChI=1S/C17H25NO2/c1-5-13-9-8-10-14(6-2)16(13)18-12-11-15(7-3)17(19)20-4/h8-11,18H,5-7,12H2,1-4H3/b15-11-. The number of esters is 1. The molecule has 0 saturated heterocycles. The molecule has 20 heavy (non-hydrogen) atoms. The molecule has 0 heterocycles. The largest absolute Gasteiger partial charge is 0.466 e. The quantitative estimate of drug-likeness (QED) is 0.608. The van der Waals surface area contributed by atoms with E-state index in [1.807, 2.05) is 13.0 Å². The molecule has 0 aromatic heterocycles. The number of aryl methyl sites for hydroxylation is 2. The lowest BCUT2D eigenvalue weighted by Gasteiger charge is -2.14. The minimum atomic E-state index is -0.242. The summed E-state index contributed by atoms with van der Waals surface area (Å²) in [5.74, 6) is -0.242. The van der Waals surface area contributed by atoms with Crippen molar-refractivity contribution in [3.8, 4) is 0 Å². The van der Waals surface area contributed by atoms with Crippen molar-refractivity contribution >= 4 is 11.7 Å². The third kappa shape index (κ3) is 4.12. The van der Waals surface area contributed by atoms with E-state index < -0.39 is 0 Å². The van der Waals surface area contributed by atoms with Crippen LogP contribution in [0.1, 0.15) is 38.3 Å². The lowest BCUT2D eigenvalue weighted by molar-refractivity contribution is -0.136. The molecule has 0 aliphatic heterocycles. The van der Waals surface area contributed by atoms with Crippen LogP contribution in [0, 0.1) is 0 Å². The van der Waals surface area contributed by atoms with Crippen LogP contribution in [0.4, 0.5) is 5.69 Å². The van der Waals surface area contributed by atoms with Gasteiger partial charge in [-0.3, -0.25) is 0 Å². The molecule has 1 aromatic carbocycles. The predicted molar refractivity (Wildman–Crippen MR) is 84.1 cm³/mol. The molecule has 0 amide bonds. The molecule has 0 aliphatic rings. The lowest BCUT2D eigenvalue weighted by atomic mass is 10.0. The Labute approximate surface area is 122 Å². The van der Waals surface area contributed by atoms with Gasteiger partial charge >= 0.3 is 5.97 Å². The summed E-state index contributed by atoms with van der Waals surface area (Å²) >= 11 is 0. The lowest BCUT2D eigenvalue weighted by Crippen LogP contribution is -2.09. The van der Waals surface area contributed by atoms with Crippen molar-refractivity contribution in [2.45, 2.75) is 40.0 Å². The van der Waals surface area contributed by atoms with E-state index in [-0.39, 0.29) is 5.97 Å². The molecule has 3 heteroatoms. The molecule has 1 N–H and O–H groups in total. The maximum absolute atomic E-state index is 11.5. The van der Waals surface area contributed by atoms with Gasteiger partial charge in [0.25, 0.3) is 0 Å². The molecule has 3 nitrogen and oxygen atoms in total. The Balaban J connectivity index is 2.84. The first-order valence-corrected chi connectivity index (χ1v) is 7.29. The van der Waals surface area contributed by atoms with Crippen LogP contribution in [0.15, 0.2) is 29.8 Å². The Hall–Kier alpha value is -1.77. The van der Waals surface area contributed by atoms with Crippen molar-refractivity contribution in [2.24, 2.45) is 0 Å². The Bertz CT molecular complexity index is 456. The van der Waals surface area contributed by atoms with Crippen molar-refractivity contribution in [3.05, 3.63) is 41.0 Å². The zero-order chi connectivity index (χ0) is 15.0. The van der Waals surface area contributed by atoms with Gasteiger partial charge in [-0.25, -0.2) is 4.79 Å². The fourth-order valence-electron chi connectivity index (χ4n) is 2.25. The second-order valence-corrected chi connectivity index (χ2v) is 4.61. The molecule has 0 bridgehead atoms. The van der Waals surface area contributed by atoms with Crippen molar-refractivity contribution in [1.82, 2.24) is 0 Å². The number of methoxy groups -OCH3 is 1. The fraction of sp³-hybridized carbons (Fsp3) is 0.471. The zero-order valence-electron chi connectivity index (χ0n) is 13.0.